The third kappa shape index (κ3) is 3.65. The number of carbonyl (C=O) groups is 1. The number of imidazole rings is 1. The van der Waals surface area contributed by atoms with E-state index in [0.717, 1.165) is 11.3 Å². The third-order valence-electron chi connectivity index (χ3n) is 5.61. The van der Waals surface area contributed by atoms with Gasteiger partial charge in [0.2, 0.25) is 5.78 Å². The Balaban J connectivity index is 1.78. The number of benzene rings is 3. The lowest BCUT2D eigenvalue weighted by Crippen LogP contribution is -2.43. The van der Waals surface area contributed by atoms with E-state index in [-0.39, 0.29) is 18.1 Å². The van der Waals surface area contributed by atoms with Gasteiger partial charge in [0, 0.05) is 5.69 Å². The molecule has 1 aliphatic rings. The van der Waals surface area contributed by atoms with Crippen LogP contribution >= 0.6 is 11.8 Å². The molecular formula is C25H21N3O3S2. The summed E-state index contributed by atoms with van der Waals surface area (Å²) in [7, 11) is -4.07. The van der Waals surface area contributed by atoms with Crippen molar-refractivity contribution in [2.24, 2.45) is 0 Å². The maximum atomic E-state index is 13.9. The van der Waals surface area contributed by atoms with Crippen LogP contribution in [-0.2, 0) is 16.6 Å². The lowest BCUT2D eigenvalue weighted by Gasteiger charge is -2.32. The van der Waals surface area contributed by atoms with E-state index < -0.39 is 21.1 Å². The first-order valence-electron chi connectivity index (χ1n) is 10.4. The molecule has 0 radical (unpaired) electrons. The highest BCUT2D eigenvalue weighted by atomic mass is 32.2. The zero-order valence-corrected chi connectivity index (χ0v) is 19.5. The number of rotatable bonds is 5. The summed E-state index contributed by atoms with van der Waals surface area (Å²) in [6.45, 7) is 0.0897. The summed E-state index contributed by atoms with van der Waals surface area (Å²) in [5.74, 6) is -0.304. The Hall–Kier alpha value is -3.36. The van der Waals surface area contributed by atoms with E-state index in [9.17, 15) is 13.2 Å². The van der Waals surface area contributed by atoms with Gasteiger partial charge in [-0.2, -0.15) is 0 Å². The smallest absolute Gasteiger partial charge is 0.251 e. The van der Waals surface area contributed by atoms with E-state index in [4.69, 9.17) is 0 Å². The molecule has 1 atom stereocenters. The fourth-order valence-electron chi connectivity index (χ4n) is 4.11. The molecule has 0 bridgehead atoms. The first-order valence-corrected chi connectivity index (χ1v) is 13.1. The lowest BCUT2D eigenvalue weighted by molar-refractivity contribution is 0.0978. The van der Waals surface area contributed by atoms with Gasteiger partial charge in [-0.1, -0.05) is 90.6 Å². The Morgan fingerprint density at radius 2 is 1.45 bits per heavy atom. The molecule has 1 aliphatic heterocycles. The average molecular weight is 476 g/mol. The van der Waals surface area contributed by atoms with E-state index in [1.54, 1.807) is 34.9 Å². The molecule has 1 unspecified atom stereocenters. The number of ketones is 1. The van der Waals surface area contributed by atoms with Crippen molar-refractivity contribution in [2.75, 3.05) is 10.6 Å². The zero-order valence-electron chi connectivity index (χ0n) is 17.8. The van der Waals surface area contributed by atoms with Crippen LogP contribution in [0.5, 0.6) is 0 Å². The SMILES string of the molecule is CSc1nc2c(n1-c1ccccc1)C(=O)C(c1ccccc1)S(=O)(=O)N2Cc1ccccc1. The predicted octanol–water partition coefficient (Wildman–Crippen LogP) is 4.87. The number of hydrogen-bond acceptors (Lipinski definition) is 5. The van der Waals surface area contributed by atoms with Crippen molar-refractivity contribution in [3.05, 3.63) is 108 Å². The molecule has 0 N–H and O–H groups in total. The Morgan fingerprint density at radius 3 is 2.06 bits per heavy atom. The van der Waals surface area contributed by atoms with Crippen LogP contribution in [0.2, 0.25) is 0 Å². The minimum absolute atomic E-state index is 0.0897. The van der Waals surface area contributed by atoms with Gasteiger partial charge >= 0.3 is 0 Å². The Labute approximate surface area is 197 Å². The number of carbonyl (C=O) groups excluding carboxylic acids is 1. The second kappa shape index (κ2) is 8.53. The molecule has 0 spiro atoms. The number of anilines is 1. The number of aromatic nitrogens is 2. The van der Waals surface area contributed by atoms with Gasteiger partial charge in [0.05, 0.1) is 6.54 Å². The summed E-state index contributed by atoms with van der Waals surface area (Å²) in [6, 6.07) is 27.4. The highest BCUT2D eigenvalue weighted by molar-refractivity contribution is 7.98. The van der Waals surface area contributed by atoms with Crippen molar-refractivity contribution in [1.82, 2.24) is 9.55 Å². The number of sulfonamides is 1. The van der Waals surface area contributed by atoms with Crippen molar-refractivity contribution < 1.29 is 13.2 Å². The van der Waals surface area contributed by atoms with Gasteiger partial charge in [-0.25, -0.2) is 17.7 Å². The Morgan fingerprint density at radius 1 is 0.879 bits per heavy atom. The molecule has 166 valence electrons. The summed E-state index contributed by atoms with van der Waals surface area (Å²) in [4.78, 5) is 18.5. The summed E-state index contributed by atoms with van der Waals surface area (Å²) in [5, 5.41) is -0.787. The van der Waals surface area contributed by atoms with Crippen molar-refractivity contribution >= 4 is 33.4 Å². The fraction of sp³-hybridized carbons (Fsp3) is 0.120. The number of thioether (sulfide) groups is 1. The molecule has 0 amide bonds. The van der Waals surface area contributed by atoms with Gasteiger partial charge in [-0.05, 0) is 29.5 Å². The van der Waals surface area contributed by atoms with Crippen LogP contribution in [0.4, 0.5) is 5.82 Å². The predicted molar refractivity (Wildman–Crippen MR) is 130 cm³/mol. The van der Waals surface area contributed by atoms with Gasteiger partial charge < -0.3 is 0 Å². The van der Waals surface area contributed by atoms with E-state index in [2.05, 4.69) is 4.98 Å². The van der Waals surface area contributed by atoms with Crippen LogP contribution in [0.3, 0.4) is 0 Å². The number of nitrogens with zero attached hydrogens (tertiary/aromatic N) is 3. The van der Waals surface area contributed by atoms with Gasteiger partial charge in [-0.3, -0.25) is 9.36 Å². The largest absolute Gasteiger partial charge is 0.290 e. The van der Waals surface area contributed by atoms with Gasteiger partial charge in [0.1, 0.15) is 5.69 Å². The summed E-state index contributed by atoms with van der Waals surface area (Å²) in [5.41, 5.74) is 2.30. The van der Waals surface area contributed by atoms with E-state index in [1.165, 1.54) is 16.1 Å². The first-order chi connectivity index (χ1) is 16.0. The molecule has 33 heavy (non-hydrogen) atoms. The molecule has 5 rings (SSSR count). The average Bonchev–Trinajstić information content (AvgIpc) is 3.23. The van der Waals surface area contributed by atoms with Crippen molar-refractivity contribution in [2.45, 2.75) is 17.0 Å². The summed E-state index contributed by atoms with van der Waals surface area (Å²) >= 11 is 1.37. The van der Waals surface area contributed by atoms with Crippen LogP contribution in [0.1, 0.15) is 26.9 Å². The monoisotopic (exact) mass is 475 g/mol. The second-order valence-electron chi connectivity index (χ2n) is 7.63. The van der Waals surface area contributed by atoms with Crippen molar-refractivity contribution in [3.63, 3.8) is 0 Å². The molecule has 6 nitrogen and oxygen atoms in total. The molecule has 8 heteroatoms. The van der Waals surface area contributed by atoms with Crippen LogP contribution in [-0.4, -0.2) is 30.0 Å². The highest BCUT2D eigenvalue weighted by Gasteiger charge is 2.49. The Kier molecular flexibility index (Phi) is 5.55. The third-order valence-corrected chi connectivity index (χ3v) is 8.25. The number of hydrogen-bond donors (Lipinski definition) is 0. The quantitative estimate of drug-likeness (QED) is 0.385. The summed E-state index contributed by atoms with van der Waals surface area (Å²) in [6.07, 6.45) is 1.86. The minimum Gasteiger partial charge on any atom is -0.290 e. The topological polar surface area (TPSA) is 72.3 Å². The second-order valence-corrected chi connectivity index (χ2v) is 10.3. The minimum atomic E-state index is -4.07. The molecule has 4 aromatic rings. The summed E-state index contributed by atoms with van der Waals surface area (Å²) < 4.78 is 30.8. The molecule has 2 heterocycles. The van der Waals surface area contributed by atoms with E-state index in [1.807, 2.05) is 66.9 Å². The fourth-order valence-corrected chi connectivity index (χ4v) is 6.50. The molecule has 0 fully saturated rings. The first kappa shape index (κ1) is 21.5. The number of para-hydroxylation sites is 1. The highest BCUT2D eigenvalue weighted by Crippen LogP contribution is 2.43. The normalized spacial score (nSPS) is 17.1. The van der Waals surface area contributed by atoms with Crippen LogP contribution in [0.15, 0.2) is 96.2 Å². The molecule has 0 saturated carbocycles. The zero-order chi connectivity index (χ0) is 23.0. The van der Waals surface area contributed by atoms with Gasteiger partial charge in [-0.15, -0.1) is 0 Å². The van der Waals surface area contributed by atoms with E-state index in [0.29, 0.717) is 10.7 Å². The maximum Gasteiger partial charge on any atom is 0.251 e. The van der Waals surface area contributed by atoms with Crippen LogP contribution < -0.4 is 4.31 Å². The van der Waals surface area contributed by atoms with Crippen molar-refractivity contribution in [3.8, 4) is 5.69 Å². The molecule has 1 aromatic heterocycles. The van der Waals surface area contributed by atoms with Crippen LogP contribution in [0, 0.1) is 0 Å². The standard InChI is InChI=1S/C25H21N3O3S2/c1-32-25-26-24-21(28(25)20-15-9-4-10-16-20)22(29)23(19-13-7-3-8-14-19)33(30,31)27(24)17-18-11-5-2-6-12-18/h2-16,23H,17H2,1H3. The number of fused-ring (bicyclic) bond motifs is 1. The Bertz CT molecular complexity index is 1400. The molecule has 0 aliphatic carbocycles. The maximum absolute atomic E-state index is 13.9. The molecule has 0 saturated heterocycles. The van der Waals surface area contributed by atoms with Gasteiger partial charge in [0.25, 0.3) is 10.0 Å². The van der Waals surface area contributed by atoms with Crippen molar-refractivity contribution in [1.29, 1.82) is 0 Å². The van der Waals surface area contributed by atoms with Gasteiger partial charge in [0.15, 0.2) is 16.2 Å². The lowest BCUT2D eigenvalue weighted by atomic mass is 10.1. The number of Topliss-reactive ketones (excluding diaryl/α,β-unsaturated/α-hetero) is 1. The molecule has 3 aromatic carbocycles. The van der Waals surface area contributed by atoms with Crippen LogP contribution in [0.25, 0.3) is 5.69 Å². The van der Waals surface area contributed by atoms with E-state index >= 15 is 0 Å². The molecular weight excluding hydrogens is 454 g/mol.